The maximum atomic E-state index is 13.9. The second-order valence-electron chi connectivity index (χ2n) is 11.1. The van der Waals surface area contributed by atoms with Crippen LogP contribution >= 0.6 is 0 Å². The van der Waals surface area contributed by atoms with E-state index in [9.17, 15) is 4.79 Å². The molecule has 2 heterocycles. The Morgan fingerprint density at radius 1 is 0.884 bits per heavy atom. The SMILES string of the molecule is CCc1cccc2c(C(CC(=O)N3CCN(c4ccccc4OC)CC3)c3cccc(OCc4ccccc4)c3)c[nH]c12. The molecule has 1 atom stereocenters. The number of fused-ring (bicyclic) bond motifs is 1. The van der Waals surface area contributed by atoms with E-state index in [2.05, 4.69) is 71.5 Å². The minimum Gasteiger partial charge on any atom is -0.495 e. The molecule has 0 saturated carbocycles. The molecule has 4 aromatic carbocycles. The van der Waals surface area contributed by atoms with Gasteiger partial charge in [0.1, 0.15) is 18.1 Å². The summed E-state index contributed by atoms with van der Waals surface area (Å²) in [6, 6.07) is 33.0. The number of aryl methyl sites for hydroxylation is 1. The van der Waals surface area contributed by atoms with E-state index in [-0.39, 0.29) is 11.8 Å². The van der Waals surface area contributed by atoms with Gasteiger partial charge in [0, 0.05) is 55.6 Å². The van der Waals surface area contributed by atoms with E-state index in [1.54, 1.807) is 7.11 Å². The molecule has 0 spiro atoms. The summed E-state index contributed by atoms with van der Waals surface area (Å²) >= 11 is 0. The highest BCUT2D eigenvalue weighted by molar-refractivity contribution is 5.88. The van der Waals surface area contributed by atoms with Gasteiger partial charge in [-0.05, 0) is 52.9 Å². The van der Waals surface area contributed by atoms with Crippen molar-refractivity contribution < 1.29 is 14.3 Å². The molecule has 220 valence electrons. The Labute approximate surface area is 253 Å². The minimum absolute atomic E-state index is 0.110. The number of H-pyrrole nitrogens is 1. The van der Waals surface area contributed by atoms with Crippen LogP contribution in [-0.4, -0.2) is 49.1 Å². The molecule has 1 aromatic heterocycles. The van der Waals surface area contributed by atoms with E-state index in [1.807, 2.05) is 53.4 Å². The van der Waals surface area contributed by atoms with Crippen molar-refractivity contribution in [3.63, 3.8) is 0 Å². The molecular weight excluding hydrogens is 534 g/mol. The fourth-order valence-electron chi connectivity index (χ4n) is 6.18. The van der Waals surface area contributed by atoms with E-state index in [1.165, 1.54) is 10.9 Å². The number of para-hydroxylation sites is 3. The van der Waals surface area contributed by atoms with Gasteiger partial charge < -0.3 is 24.3 Å². The number of ether oxygens (including phenoxy) is 2. The topological polar surface area (TPSA) is 57.8 Å². The number of hydrogen-bond donors (Lipinski definition) is 1. The third-order valence-electron chi connectivity index (χ3n) is 8.54. The Morgan fingerprint density at radius 3 is 2.44 bits per heavy atom. The summed E-state index contributed by atoms with van der Waals surface area (Å²) < 4.78 is 11.8. The fraction of sp³-hybridized carbons (Fsp3) is 0.270. The first-order chi connectivity index (χ1) is 21.1. The first-order valence-electron chi connectivity index (χ1n) is 15.2. The molecule has 1 fully saturated rings. The van der Waals surface area contributed by atoms with Crippen LogP contribution in [0, 0.1) is 0 Å². The lowest BCUT2D eigenvalue weighted by Crippen LogP contribution is -2.49. The fourth-order valence-corrected chi connectivity index (χ4v) is 6.18. The van der Waals surface area contributed by atoms with Crippen molar-refractivity contribution in [2.24, 2.45) is 0 Å². The largest absolute Gasteiger partial charge is 0.495 e. The van der Waals surface area contributed by atoms with Gasteiger partial charge in [-0.15, -0.1) is 0 Å². The van der Waals surface area contributed by atoms with Crippen molar-refractivity contribution in [1.82, 2.24) is 9.88 Å². The smallest absolute Gasteiger partial charge is 0.223 e. The highest BCUT2D eigenvalue weighted by Gasteiger charge is 2.28. The standard InChI is InChI=1S/C37H39N3O3/c1-3-28-13-10-16-31-33(25-38-37(28)31)32(29-14-9-15-30(23-29)43-26-27-11-5-4-6-12-27)24-36(41)40-21-19-39(20-22-40)34-17-7-8-18-35(34)42-2/h4-18,23,25,32,38H,3,19-22,24,26H2,1-2H3. The number of carbonyl (C=O) groups is 1. The van der Waals surface area contributed by atoms with E-state index >= 15 is 0 Å². The third-order valence-corrected chi connectivity index (χ3v) is 8.54. The lowest BCUT2D eigenvalue weighted by Gasteiger charge is -2.37. The summed E-state index contributed by atoms with van der Waals surface area (Å²) in [4.78, 5) is 21.8. The number of nitrogens with zero attached hydrogens (tertiary/aromatic N) is 2. The summed E-state index contributed by atoms with van der Waals surface area (Å²) in [5.74, 6) is 1.72. The quantitative estimate of drug-likeness (QED) is 0.192. The monoisotopic (exact) mass is 573 g/mol. The second-order valence-corrected chi connectivity index (χ2v) is 11.1. The molecule has 6 rings (SSSR count). The Kier molecular flexibility index (Phi) is 8.64. The van der Waals surface area contributed by atoms with Crippen molar-refractivity contribution >= 4 is 22.5 Å². The molecule has 6 nitrogen and oxygen atoms in total. The van der Waals surface area contributed by atoms with Gasteiger partial charge in [0.05, 0.1) is 12.8 Å². The van der Waals surface area contributed by atoms with Crippen molar-refractivity contribution in [2.75, 3.05) is 38.2 Å². The number of aromatic amines is 1. The molecule has 5 aromatic rings. The highest BCUT2D eigenvalue weighted by Crippen LogP contribution is 2.37. The zero-order valence-electron chi connectivity index (χ0n) is 25.0. The van der Waals surface area contributed by atoms with Crippen molar-refractivity contribution in [3.8, 4) is 11.5 Å². The van der Waals surface area contributed by atoms with E-state index in [0.717, 1.165) is 58.9 Å². The number of aromatic nitrogens is 1. The van der Waals surface area contributed by atoms with E-state index in [4.69, 9.17) is 9.47 Å². The van der Waals surface area contributed by atoms with Crippen LogP contribution in [-0.2, 0) is 17.8 Å². The maximum absolute atomic E-state index is 13.9. The predicted molar refractivity (Wildman–Crippen MR) is 173 cm³/mol. The first-order valence-corrected chi connectivity index (χ1v) is 15.2. The van der Waals surface area contributed by atoms with Crippen LogP contribution in [0.3, 0.4) is 0 Å². The summed E-state index contributed by atoms with van der Waals surface area (Å²) in [5, 5.41) is 1.17. The van der Waals surface area contributed by atoms with Crippen LogP contribution in [0.15, 0.2) is 103 Å². The molecule has 0 aliphatic carbocycles. The van der Waals surface area contributed by atoms with Gasteiger partial charge in [-0.2, -0.15) is 0 Å². The number of hydrogen-bond acceptors (Lipinski definition) is 4. The van der Waals surface area contributed by atoms with Crippen LogP contribution in [0.4, 0.5) is 5.69 Å². The molecule has 1 saturated heterocycles. The molecule has 43 heavy (non-hydrogen) atoms. The van der Waals surface area contributed by atoms with Gasteiger partial charge >= 0.3 is 0 Å². The molecule has 0 bridgehead atoms. The number of amides is 1. The van der Waals surface area contributed by atoms with Crippen LogP contribution in [0.2, 0.25) is 0 Å². The molecule has 1 unspecified atom stereocenters. The minimum atomic E-state index is -0.110. The number of anilines is 1. The Hall–Kier alpha value is -4.71. The van der Waals surface area contributed by atoms with Gasteiger partial charge in [0.15, 0.2) is 0 Å². The van der Waals surface area contributed by atoms with E-state index < -0.39 is 0 Å². The molecular formula is C37H39N3O3. The lowest BCUT2D eigenvalue weighted by atomic mass is 9.87. The Bertz CT molecular complexity index is 1670. The predicted octanol–water partition coefficient (Wildman–Crippen LogP) is 7.19. The van der Waals surface area contributed by atoms with Gasteiger partial charge in [-0.25, -0.2) is 0 Å². The number of piperazine rings is 1. The molecule has 1 amide bonds. The molecule has 6 heteroatoms. The second kappa shape index (κ2) is 13.1. The van der Waals surface area contributed by atoms with Gasteiger partial charge in [0.2, 0.25) is 5.91 Å². The average molecular weight is 574 g/mol. The van der Waals surface area contributed by atoms with Crippen molar-refractivity contribution in [3.05, 3.63) is 126 Å². The van der Waals surface area contributed by atoms with Gasteiger partial charge in [-0.1, -0.05) is 79.7 Å². The first kappa shape index (κ1) is 28.4. The number of methoxy groups -OCH3 is 1. The Morgan fingerprint density at radius 2 is 1.65 bits per heavy atom. The lowest BCUT2D eigenvalue weighted by molar-refractivity contribution is -0.131. The number of rotatable bonds is 10. The Balaban J connectivity index is 1.25. The highest BCUT2D eigenvalue weighted by atomic mass is 16.5. The zero-order chi connectivity index (χ0) is 29.6. The summed E-state index contributed by atoms with van der Waals surface area (Å²) in [6.45, 7) is 5.57. The summed E-state index contributed by atoms with van der Waals surface area (Å²) in [6.07, 6.45) is 3.43. The summed E-state index contributed by atoms with van der Waals surface area (Å²) in [5.41, 5.74) is 6.85. The summed E-state index contributed by atoms with van der Waals surface area (Å²) in [7, 11) is 1.70. The molecule has 1 aliphatic rings. The third kappa shape index (κ3) is 6.24. The van der Waals surface area contributed by atoms with Gasteiger partial charge in [0.25, 0.3) is 0 Å². The van der Waals surface area contributed by atoms with Crippen LogP contribution in [0.25, 0.3) is 10.9 Å². The zero-order valence-corrected chi connectivity index (χ0v) is 25.0. The van der Waals surface area contributed by atoms with Crippen LogP contribution in [0.1, 0.15) is 41.5 Å². The van der Waals surface area contributed by atoms with Crippen molar-refractivity contribution in [2.45, 2.75) is 32.3 Å². The van der Waals surface area contributed by atoms with E-state index in [0.29, 0.717) is 26.1 Å². The number of carbonyl (C=O) groups excluding carboxylic acids is 1. The van der Waals surface area contributed by atoms with Crippen molar-refractivity contribution in [1.29, 1.82) is 0 Å². The molecule has 1 N–H and O–H groups in total. The van der Waals surface area contributed by atoms with Gasteiger partial charge in [-0.3, -0.25) is 4.79 Å². The normalized spacial score (nSPS) is 14.1. The van der Waals surface area contributed by atoms with Crippen LogP contribution < -0.4 is 14.4 Å². The number of benzene rings is 4. The average Bonchev–Trinajstić information content (AvgIpc) is 3.51. The molecule has 0 radical (unpaired) electrons. The maximum Gasteiger partial charge on any atom is 0.223 e. The van der Waals surface area contributed by atoms with Crippen LogP contribution in [0.5, 0.6) is 11.5 Å². The number of nitrogens with one attached hydrogen (secondary N) is 1. The molecule has 1 aliphatic heterocycles.